The average molecular weight is 255 g/mol. The Kier molecular flexibility index (Phi) is 3.33. The lowest BCUT2D eigenvalue weighted by atomic mass is 10.3. The summed E-state index contributed by atoms with van der Waals surface area (Å²) in [6.45, 7) is 0. The number of hydrazine groups is 1. The number of benzene rings is 1. The molecule has 2 rings (SSSR count). The maximum atomic E-state index is 13.4. The lowest BCUT2D eigenvalue weighted by Gasteiger charge is -2.08. The third-order valence-electron chi connectivity index (χ3n) is 2.08. The van der Waals surface area contributed by atoms with Crippen molar-refractivity contribution in [2.45, 2.75) is 0 Å². The first-order chi connectivity index (χ1) is 8.61. The molecule has 7 heteroatoms. The Hall–Kier alpha value is -2.28. The van der Waals surface area contributed by atoms with Crippen LogP contribution in [0.4, 0.5) is 19.0 Å². The van der Waals surface area contributed by atoms with Gasteiger partial charge in [0.1, 0.15) is 0 Å². The summed E-state index contributed by atoms with van der Waals surface area (Å²) in [7, 11) is 0. The summed E-state index contributed by atoms with van der Waals surface area (Å²) in [5.74, 6) is 1.06. The minimum Gasteiger partial charge on any atom is -0.433 e. The van der Waals surface area contributed by atoms with Gasteiger partial charge in [0, 0.05) is 6.07 Å². The van der Waals surface area contributed by atoms with Crippen LogP contribution in [0, 0.1) is 17.5 Å². The van der Waals surface area contributed by atoms with E-state index in [1.807, 2.05) is 5.43 Å². The van der Waals surface area contributed by atoms with E-state index >= 15 is 0 Å². The number of halogens is 3. The Bertz CT molecular complexity index is 577. The third-order valence-corrected chi connectivity index (χ3v) is 2.08. The second kappa shape index (κ2) is 4.92. The zero-order valence-corrected chi connectivity index (χ0v) is 8.95. The minimum absolute atomic E-state index is 0.224. The van der Waals surface area contributed by atoms with E-state index in [-0.39, 0.29) is 5.75 Å². The van der Waals surface area contributed by atoms with Crippen molar-refractivity contribution in [1.29, 1.82) is 0 Å². The second-order valence-electron chi connectivity index (χ2n) is 3.28. The molecule has 0 spiro atoms. The predicted octanol–water partition coefficient (Wildman–Crippen LogP) is 2.58. The molecule has 1 aromatic carbocycles. The Labute approximate surface area is 100 Å². The van der Waals surface area contributed by atoms with Crippen molar-refractivity contribution in [3.8, 4) is 11.6 Å². The number of hydrogen-bond acceptors (Lipinski definition) is 4. The van der Waals surface area contributed by atoms with Gasteiger partial charge >= 0.3 is 0 Å². The van der Waals surface area contributed by atoms with Gasteiger partial charge in [-0.3, -0.25) is 0 Å². The number of nitrogens with one attached hydrogen (secondary N) is 1. The molecular formula is C11H8F3N3O. The molecule has 0 amide bonds. The van der Waals surface area contributed by atoms with Crippen molar-refractivity contribution in [2.24, 2.45) is 5.84 Å². The SMILES string of the molecule is NNc1nc(Oc2ccccc2F)c(F)cc1F. The fraction of sp³-hybridized carbons (Fsp3) is 0. The van der Waals surface area contributed by atoms with Crippen LogP contribution in [-0.2, 0) is 0 Å². The van der Waals surface area contributed by atoms with Gasteiger partial charge in [0.15, 0.2) is 29.0 Å². The lowest BCUT2D eigenvalue weighted by Crippen LogP contribution is -2.11. The fourth-order valence-electron chi connectivity index (χ4n) is 1.25. The van der Waals surface area contributed by atoms with Gasteiger partial charge in [-0.15, -0.1) is 0 Å². The topological polar surface area (TPSA) is 60.2 Å². The van der Waals surface area contributed by atoms with Crippen molar-refractivity contribution in [1.82, 2.24) is 4.98 Å². The van der Waals surface area contributed by atoms with E-state index in [0.29, 0.717) is 6.07 Å². The Balaban J connectivity index is 2.38. The third kappa shape index (κ3) is 2.35. The molecule has 18 heavy (non-hydrogen) atoms. The van der Waals surface area contributed by atoms with Crippen LogP contribution >= 0.6 is 0 Å². The highest BCUT2D eigenvalue weighted by atomic mass is 19.1. The highest BCUT2D eigenvalue weighted by Gasteiger charge is 2.14. The summed E-state index contributed by atoms with van der Waals surface area (Å²) >= 11 is 0. The number of ether oxygens (including phenoxy) is 1. The van der Waals surface area contributed by atoms with E-state index in [1.165, 1.54) is 18.2 Å². The van der Waals surface area contributed by atoms with Gasteiger partial charge in [-0.1, -0.05) is 12.1 Å². The maximum absolute atomic E-state index is 13.4. The van der Waals surface area contributed by atoms with Gasteiger partial charge in [0.05, 0.1) is 0 Å². The van der Waals surface area contributed by atoms with Crippen LogP contribution in [0.5, 0.6) is 11.6 Å². The van der Waals surface area contributed by atoms with Gasteiger partial charge in [-0.2, -0.15) is 4.98 Å². The van der Waals surface area contributed by atoms with Crippen molar-refractivity contribution in [2.75, 3.05) is 5.43 Å². The average Bonchev–Trinajstić information content (AvgIpc) is 2.35. The van der Waals surface area contributed by atoms with E-state index in [1.54, 1.807) is 0 Å². The molecule has 0 aliphatic heterocycles. The highest BCUT2D eigenvalue weighted by Crippen LogP contribution is 2.27. The molecule has 0 aliphatic rings. The standard InChI is InChI=1S/C11H8F3N3O/c12-6-3-1-2-4-9(6)18-11-8(14)5-7(13)10(16-11)17-15/h1-5H,15H2,(H,16,17). The van der Waals surface area contributed by atoms with Crippen molar-refractivity contribution in [3.63, 3.8) is 0 Å². The van der Waals surface area contributed by atoms with E-state index in [2.05, 4.69) is 4.98 Å². The quantitative estimate of drug-likeness (QED) is 0.653. The molecule has 0 aliphatic carbocycles. The molecule has 0 unspecified atom stereocenters. The van der Waals surface area contributed by atoms with Crippen LogP contribution in [0.1, 0.15) is 0 Å². The first-order valence-corrected chi connectivity index (χ1v) is 4.87. The molecule has 1 heterocycles. The van der Waals surface area contributed by atoms with E-state index in [9.17, 15) is 13.2 Å². The number of hydrogen-bond donors (Lipinski definition) is 2. The molecule has 94 valence electrons. The fourth-order valence-corrected chi connectivity index (χ4v) is 1.25. The van der Waals surface area contributed by atoms with E-state index in [4.69, 9.17) is 10.6 Å². The van der Waals surface area contributed by atoms with Crippen LogP contribution < -0.4 is 16.0 Å². The maximum Gasteiger partial charge on any atom is 0.258 e. The Morgan fingerprint density at radius 2 is 1.78 bits per heavy atom. The molecule has 0 saturated heterocycles. The number of para-hydroxylation sites is 1. The first-order valence-electron chi connectivity index (χ1n) is 4.87. The monoisotopic (exact) mass is 255 g/mol. The van der Waals surface area contributed by atoms with Gasteiger partial charge in [0.2, 0.25) is 0 Å². The van der Waals surface area contributed by atoms with Gasteiger partial charge in [-0.25, -0.2) is 19.0 Å². The number of nitrogens with two attached hydrogens (primary N) is 1. The molecular weight excluding hydrogens is 247 g/mol. The minimum atomic E-state index is -1.06. The van der Waals surface area contributed by atoms with Crippen molar-refractivity contribution in [3.05, 3.63) is 47.8 Å². The summed E-state index contributed by atoms with van der Waals surface area (Å²) in [4.78, 5) is 3.45. The molecule has 0 bridgehead atoms. The van der Waals surface area contributed by atoms with Gasteiger partial charge in [-0.05, 0) is 12.1 Å². The Morgan fingerprint density at radius 1 is 1.06 bits per heavy atom. The van der Waals surface area contributed by atoms with E-state index < -0.39 is 29.1 Å². The summed E-state index contributed by atoms with van der Waals surface area (Å²) in [5, 5.41) is 0. The molecule has 0 radical (unpaired) electrons. The largest absolute Gasteiger partial charge is 0.433 e. The van der Waals surface area contributed by atoms with Crippen molar-refractivity contribution >= 4 is 5.82 Å². The van der Waals surface area contributed by atoms with Crippen LogP contribution in [0.15, 0.2) is 30.3 Å². The molecule has 4 nitrogen and oxygen atoms in total. The molecule has 2 aromatic rings. The van der Waals surface area contributed by atoms with Crippen LogP contribution in [0.3, 0.4) is 0 Å². The number of rotatable bonds is 3. The Morgan fingerprint density at radius 3 is 2.44 bits per heavy atom. The summed E-state index contributed by atoms with van der Waals surface area (Å²) in [6.07, 6.45) is 0. The van der Waals surface area contributed by atoms with Gasteiger partial charge < -0.3 is 10.2 Å². The molecule has 1 aromatic heterocycles. The summed E-state index contributed by atoms with van der Waals surface area (Å²) < 4.78 is 44.6. The predicted molar refractivity (Wildman–Crippen MR) is 58.4 cm³/mol. The zero-order valence-electron chi connectivity index (χ0n) is 8.95. The smallest absolute Gasteiger partial charge is 0.258 e. The van der Waals surface area contributed by atoms with Crippen LogP contribution in [-0.4, -0.2) is 4.98 Å². The highest BCUT2D eigenvalue weighted by molar-refractivity contribution is 5.40. The number of nitrogen functional groups attached to an aromatic ring is 1. The normalized spacial score (nSPS) is 10.2. The van der Waals surface area contributed by atoms with Crippen molar-refractivity contribution < 1.29 is 17.9 Å². The first kappa shape index (κ1) is 12.2. The molecule has 0 atom stereocenters. The van der Waals surface area contributed by atoms with Crippen LogP contribution in [0.2, 0.25) is 0 Å². The number of pyridine rings is 1. The number of anilines is 1. The lowest BCUT2D eigenvalue weighted by molar-refractivity contribution is 0.395. The molecule has 0 fully saturated rings. The zero-order chi connectivity index (χ0) is 13.1. The number of aromatic nitrogens is 1. The second-order valence-corrected chi connectivity index (χ2v) is 3.28. The molecule has 0 saturated carbocycles. The summed E-state index contributed by atoms with van der Waals surface area (Å²) in [6, 6.07) is 5.91. The number of nitrogens with zero attached hydrogens (tertiary/aromatic N) is 1. The summed E-state index contributed by atoms with van der Waals surface area (Å²) in [5.41, 5.74) is 1.94. The van der Waals surface area contributed by atoms with E-state index in [0.717, 1.165) is 6.07 Å². The van der Waals surface area contributed by atoms with Gasteiger partial charge in [0.25, 0.3) is 5.88 Å². The van der Waals surface area contributed by atoms with Crippen LogP contribution in [0.25, 0.3) is 0 Å². The molecule has 3 N–H and O–H groups in total.